The van der Waals surface area contributed by atoms with E-state index in [1.165, 1.54) is 18.2 Å². The SMILES string of the molecule is NC(N)=NCc1ccccc1OC(F)(F)F. The first-order valence-electron chi connectivity index (χ1n) is 4.27. The summed E-state index contributed by atoms with van der Waals surface area (Å²) in [4.78, 5) is 3.61. The standard InChI is InChI=1S/C9H10F3N3O/c10-9(11,12)16-7-4-2-1-3-6(7)5-15-8(13)14/h1-4H,5H2,(H4,13,14,15). The van der Waals surface area contributed by atoms with Gasteiger partial charge in [-0.2, -0.15) is 0 Å². The number of alkyl halides is 3. The summed E-state index contributed by atoms with van der Waals surface area (Å²) < 4.78 is 39.9. The van der Waals surface area contributed by atoms with Gasteiger partial charge in [0.15, 0.2) is 5.96 Å². The molecule has 0 fully saturated rings. The summed E-state index contributed by atoms with van der Waals surface area (Å²) >= 11 is 0. The normalized spacial score (nSPS) is 10.9. The number of benzene rings is 1. The van der Waals surface area contributed by atoms with Crippen molar-refractivity contribution in [2.75, 3.05) is 0 Å². The van der Waals surface area contributed by atoms with E-state index in [2.05, 4.69) is 9.73 Å². The van der Waals surface area contributed by atoms with E-state index in [1.807, 2.05) is 0 Å². The summed E-state index contributed by atoms with van der Waals surface area (Å²) in [6.45, 7) is -0.0609. The lowest BCUT2D eigenvalue weighted by Gasteiger charge is -2.11. The lowest BCUT2D eigenvalue weighted by Crippen LogP contribution is -2.23. The number of nitrogens with zero attached hydrogens (tertiary/aromatic N) is 1. The van der Waals surface area contributed by atoms with Gasteiger partial charge in [0.1, 0.15) is 5.75 Å². The maximum Gasteiger partial charge on any atom is 0.573 e. The number of hydrogen-bond acceptors (Lipinski definition) is 2. The number of ether oxygens (including phenoxy) is 1. The first-order chi connectivity index (χ1) is 7.38. The minimum Gasteiger partial charge on any atom is -0.405 e. The summed E-state index contributed by atoms with van der Waals surface area (Å²) in [6.07, 6.45) is -4.73. The molecule has 0 aliphatic heterocycles. The van der Waals surface area contributed by atoms with Crippen LogP contribution in [0.5, 0.6) is 5.75 Å². The zero-order valence-corrected chi connectivity index (χ0v) is 8.16. The first kappa shape index (κ1) is 12.2. The monoisotopic (exact) mass is 233 g/mol. The van der Waals surface area contributed by atoms with E-state index >= 15 is 0 Å². The minimum atomic E-state index is -4.73. The highest BCUT2D eigenvalue weighted by atomic mass is 19.4. The molecule has 0 saturated heterocycles. The molecule has 0 aliphatic rings. The zero-order chi connectivity index (χ0) is 12.2. The van der Waals surface area contributed by atoms with E-state index in [4.69, 9.17) is 11.5 Å². The second-order valence-electron chi connectivity index (χ2n) is 2.90. The largest absolute Gasteiger partial charge is 0.573 e. The summed E-state index contributed by atoms with van der Waals surface area (Å²) in [5.74, 6) is -0.498. The highest BCUT2D eigenvalue weighted by Gasteiger charge is 2.31. The van der Waals surface area contributed by atoms with Gasteiger partial charge in [-0.25, -0.2) is 4.99 Å². The van der Waals surface area contributed by atoms with Crippen LogP contribution in [0.4, 0.5) is 13.2 Å². The summed E-state index contributed by atoms with van der Waals surface area (Å²) in [5.41, 5.74) is 10.4. The Kier molecular flexibility index (Phi) is 3.60. The molecule has 4 N–H and O–H groups in total. The molecule has 1 aromatic carbocycles. The molecule has 0 radical (unpaired) electrons. The van der Waals surface area contributed by atoms with Crippen LogP contribution >= 0.6 is 0 Å². The summed E-state index contributed by atoms with van der Waals surface area (Å²) in [7, 11) is 0. The Morgan fingerprint density at radius 1 is 1.25 bits per heavy atom. The molecular formula is C9H10F3N3O. The van der Waals surface area contributed by atoms with Crippen molar-refractivity contribution in [1.29, 1.82) is 0 Å². The van der Waals surface area contributed by atoms with E-state index in [0.717, 1.165) is 0 Å². The van der Waals surface area contributed by atoms with Gasteiger partial charge in [0.25, 0.3) is 0 Å². The minimum absolute atomic E-state index is 0.0609. The lowest BCUT2D eigenvalue weighted by atomic mass is 10.2. The molecule has 0 bridgehead atoms. The third-order valence-electron chi connectivity index (χ3n) is 1.63. The first-order valence-corrected chi connectivity index (χ1v) is 4.27. The quantitative estimate of drug-likeness (QED) is 0.611. The van der Waals surface area contributed by atoms with Gasteiger partial charge in [-0.15, -0.1) is 13.2 Å². The average molecular weight is 233 g/mol. The smallest absolute Gasteiger partial charge is 0.405 e. The fourth-order valence-corrected chi connectivity index (χ4v) is 1.04. The van der Waals surface area contributed by atoms with Gasteiger partial charge >= 0.3 is 6.36 Å². The molecule has 0 aromatic heterocycles. The molecule has 4 nitrogen and oxygen atoms in total. The summed E-state index contributed by atoms with van der Waals surface area (Å²) in [6, 6.07) is 5.65. The van der Waals surface area contributed by atoms with E-state index in [1.54, 1.807) is 6.07 Å². The molecule has 0 unspecified atom stereocenters. The maximum atomic E-state index is 12.0. The molecule has 88 valence electrons. The van der Waals surface area contributed by atoms with Crippen LogP contribution in [-0.4, -0.2) is 12.3 Å². The molecule has 7 heteroatoms. The van der Waals surface area contributed by atoms with Crippen LogP contribution in [0.1, 0.15) is 5.56 Å². The Morgan fingerprint density at radius 3 is 2.44 bits per heavy atom. The Hall–Kier alpha value is -1.92. The fourth-order valence-electron chi connectivity index (χ4n) is 1.04. The van der Waals surface area contributed by atoms with Gasteiger partial charge < -0.3 is 16.2 Å². The van der Waals surface area contributed by atoms with Crippen LogP contribution in [0.3, 0.4) is 0 Å². The molecule has 0 atom stereocenters. The third-order valence-corrected chi connectivity index (χ3v) is 1.63. The second-order valence-corrected chi connectivity index (χ2v) is 2.90. The number of aliphatic imine (C=N–C) groups is 1. The van der Waals surface area contributed by atoms with Crippen LogP contribution in [-0.2, 0) is 6.54 Å². The third kappa shape index (κ3) is 4.07. The number of para-hydroxylation sites is 1. The van der Waals surface area contributed by atoms with Gasteiger partial charge in [-0.1, -0.05) is 18.2 Å². The van der Waals surface area contributed by atoms with E-state index in [-0.39, 0.29) is 23.8 Å². The van der Waals surface area contributed by atoms with E-state index in [9.17, 15) is 13.2 Å². The van der Waals surface area contributed by atoms with Gasteiger partial charge in [0, 0.05) is 5.56 Å². The zero-order valence-electron chi connectivity index (χ0n) is 8.16. The number of rotatable bonds is 3. The van der Waals surface area contributed by atoms with Crippen molar-refractivity contribution in [3.63, 3.8) is 0 Å². The second kappa shape index (κ2) is 4.73. The van der Waals surface area contributed by atoms with Crippen molar-refractivity contribution in [3.8, 4) is 5.75 Å². The van der Waals surface area contributed by atoms with Crippen molar-refractivity contribution in [2.24, 2.45) is 16.5 Å². The Labute approximate surface area is 89.7 Å². The highest BCUT2D eigenvalue weighted by molar-refractivity contribution is 5.75. The van der Waals surface area contributed by atoms with E-state index < -0.39 is 6.36 Å². The van der Waals surface area contributed by atoms with Crippen LogP contribution in [0.2, 0.25) is 0 Å². The Balaban J connectivity index is 2.88. The van der Waals surface area contributed by atoms with Crippen molar-refractivity contribution >= 4 is 5.96 Å². The molecule has 0 heterocycles. The number of guanidine groups is 1. The Morgan fingerprint density at radius 2 is 1.88 bits per heavy atom. The van der Waals surface area contributed by atoms with Gasteiger partial charge in [0.05, 0.1) is 6.54 Å². The van der Waals surface area contributed by atoms with Crippen molar-refractivity contribution in [1.82, 2.24) is 0 Å². The highest BCUT2D eigenvalue weighted by Crippen LogP contribution is 2.26. The number of halogens is 3. The molecule has 1 rings (SSSR count). The molecule has 0 aliphatic carbocycles. The van der Waals surface area contributed by atoms with Crippen LogP contribution in [0.25, 0.3) is 0 Å². The molecule has 0 spiro atoms. The predicted molar refractivity (Wildman–Crippen MR) is 52.6 cm³/mol. The van der Waals surface area contributed by atoms with Crippen LogP contribution < -0.4 is 16.2 Å². The Bertz CT molecular complexity index is 386. The van der Waals surface area contributed by atoms with Crippen molar-refractivity contribution < 1.29 is 17.9 Å². The van der Waals surface area contributed by atoms with E-state index in [0.29, 0.717) is 0 Å². The van der Waals surface area contributed by atoms with Crippen molar-refractivity contribution in [2.45, 2.75) is 12.9 Å². The number of hydrogen-bond donors (Lipinski definition) is 2. The summed E-state index contributed by atoms with van der Waals surface area (Å²) in [5, 5.41) is 0. The predicted octanol–water partition coefficient (Wildman–Crippen LogP) is 1.36. The molecule has 0 saturated carbocycles. The van der Waals surface area contributed by atoms with Gasteiger partial charge in [-0.3, -0.25) is 0 Å². The van der Waals surface area contributed by atoms with Gasteiger partial charge in [0.2, 0.25) is 0 Å². The molecule has 0 amide bonds. The fraction of sp³-hybridized carbons (Fsp3) is 0.222. The average Bonchev–Trinajstić information content (AvgIpc) is 2.14. The molecule has 16 heavy (non-hydrogen) atoms. The maximum absolute atomic E-state index is 12.0. The lowest BCUT2D eigenvalue weighted by molar-refractivity contribution is -0.274. The molecule has 1 aromatic rings. The van der Waals surface area contributed by atoms with Gasteiger partial charge in [-0.05, 0) is 6.07 Å². The van der Waals surface area contributed by atoms with Crippen LogP contribution in [0.15, 0.2) is 29.3 Å². The number of nitrogens with two attached hydrogens (primary N) is 2. The molecular weight excluding hydrogens is 223 g/mol. The van der Waals surface area contributed by atoms with Crippen molar-refractivity contribution in [3.05, 3.63) is 29.8 Å². The van der Waals surface area contributed by atoms with Crippen LogP contribution in [0, 0.1) is 0 Å². The topological polar surface area (TPSA) is 73.6 Å².